The summed E-state index contributed by atoms with van der Waals surface area (Å²) in [7, 11) is 1.28. The lowest BCUT2D eigenvalue weighted by molar-refractivity contribution is -0.870. The predicted octanol–water partition coefficient (Wildman–Crippen LogP) is 23.7. The van der Waals surface area contributed by atoms with Crippen LogP contribution >= 0.6 is 7.82 Å². The molecule has 0 aliphatic rings. The topological polar surface area (TPSA) is 108 Å². The van der Waals surface area contributed by atoms with Crippen molar-refractivity contribution in [2.75, 3.05) is 40.9 Å². The lowest BCUT2D eigenvalue weighted by Gasteiger charge is -2.29. The molecule has 0 aromatic rings. The van der Waals surface area contributed by atoms with E-state index in [0.29, 0.717) is 17.4 Å². The van der Waals surface area contributed by atoms with Crippen LogP contribution in [0, 0.1) is 0 Å². The van der Waals surface area contributed by atoms with E-state index in [4.69, 9.17) is 9.05 Å². The highest BCUT2D eigenvalue weighted by atomic mass is 31.2. The highest BCUT2D eigenvalue weighted by Gasteiger charge is 2.23. The molecular weight excluding hydrogens is 1080 g/mol. The van der Waals surface area contributed by atoms with E-state index in [9.17, 15) is 19.4 Å². The Morgan fingerprint density at radius 3 is 1.03 bits per heavy atom. The van der Waals surface area contributed by atoms with Gasteiger partial charge >= 0.3 is 0 Å². The Hall–Kier alpha value is -1.80. The zero-order valence-corrected chi connectivity index (χ0v) is 58.9. The number of phosphoric acid groups is 1. The molecule has 0 saturated carbocycles. The molecule has 86 heavy (non-hydrogen) atoms. The number of nitrogens with one attached hydrogen (secondary N) is 1. The van der Waals surface area contributed by atoms with Crippen LogP contribution in [-0.2, 0) is 18.4 Å². The first kappa shape index (κ1) is 84.2. The fourth-order valence-corrected chi connectivity index (χ4v) is 12.2. The number of allylic oxidation sites excluding steroid dienone is 9. The van der Waals surface area contributed by atoms with Crippen molar-refractivity contribution in [3.05, 3.63) is 60.8 Å². The SMILES string of the molecule is CC/C=C\C/C=C\C/C=C\C/C=C\CCCCCCCCCCCCCCCCCCCCCCC(=O)NC(COP(=O)([O-])OCC[N+](C)(C)C)C(O)/C=C/CCCCCCCCCCCCCCCCCCCCCCCCCCCCCCC. The molecule has 0 heterocycles. The number of amides is 1. The second-order valence-electron chi connectivity index (χ2n) is 27.0. The van der Waals surface area contributed by atoms with Gasteiger partial charge in [0.15, 0.2) is 0 Å². The number of aliphatic hydroxyl groups is 1. The monoisotopic (exact) mass is 1230 g/mol. The number of carbonyl (C=O) groups excluding carboxylic acids is 1. The second-order valence-corrected chi connectivity index (χ2v) is 28.4. The Labute approximate surface area is 536 Å². The molecule has 0 aromatic carbocycles. The number of hydrogen-bond donors (Lipinski definition) is 2. The Kier molecular flexibility index (Phi) is 66.2. The van der Waals surface area contributed by atoms with Crippen molar-refractivity contribution in [1.29, 1.82) is 0 Å². The largest absolute Gasteiger partial charge is 0.756 e. The molecule has 0 saturated heterocycles. The highest BCUT2D eigenvalue weighted by molar-refractivity contribution is 7.45. The summed E-state index contributed by atoms with van der Waals surface area (Å²) in [4.78, 5) is 25.7. The van der Waals surface area contributed by atoms with E-state index in [1.165, 1.54) is 289 Å². The van der Waals surface area contributed by atoms with Crippen LogP contribution in [0.3, 0.4) is 0 Å². The van der Waals surface area contributed by atoms with Crippen molar-refractivity contribution in [3.63, 3.8) is 0 Å². The van der Waals surface area contributed by atoms with Crippen molar-refractivity contribution in [2.45, 2.75) is 386 Å². The molecule has 9 heteroatoms. The van der Waals surface area contributed by atoms with Crippen LogP contribution < -0.4 is 10.2 Å². The fourth-order valence-electron chi connectivity index (χ4n) is 11.4. The van der Waals surface area contributed by atoms with Crippen LogP contribution in [0.5, 0.6) is 0 Å². The van der Waals surface area contributed by atoms with Gasteiger partial charge in [-0.1, -0.05) is 370 Å². The Balaban J connectivity index is 4.00. The van der Waals surface area contributed by atoms with E-state index in [1.807, 2.05) is 27.2 Å². The van der Waals surface area contributed by atoms with E-state index >= 15 is 0 Å². The van der Waals surface area contributed by atoms with E-state index in [0.717, 1.165) is 64.2 Å². The normalized spacial score (nSPS) is 13.9. The number of phosphoric ester groups is 1. The quantitative estimate of drug-likeness (QED) is 0.0272. The third-order valence-electron chi connectivity index (χ3n) is 17.2. The maximum Gasteiger partial charge on any atom is 0.268 e. The molecule has 0 aliphatic carbocycles. The van der Waals surface area contributed by atoms with Gasteiger partial charge in [0.1, 0.15) is 13.2 Å². The molecule has 3 unspecified atom stereocenters. The summed E-state index contributed by atoms with van der Waals surface area (Å²) in [5, 5.41) is 14.0. The number of likely N-dealkylation sites (N-methyl/N-ethyl adjacent to an activating group) is 1. The van der Waals surface area contributed by atoms with Crippen LogP contribution in [0.1, 0.15) is 373 Å². The van der Waals surface area contributed by atoms with Crippen LogP contribution in [0.25, 0.3) is 0 Å². The van der Waals surface area contributed by atoms with Gasteiger partial charge in [-0.2, -0.15) is 0 Å². The molecule has 1 amide bonds. The Bertz CT molecular complexity index is 1590. The highest BCUT2D eigenvalue weighted by Crippen LogP contribution is 2.38. The number of unbranched alkanes of at least 4 members (excludes halogenated alkanes) is 49. The minimum absolute atomic E-state index is 0.0000235. The Morgan fingerprint density at radius 2 is 0.709 bits per heavy atom. The number of quaternary nitrogens is 1. The smallest absolute Gasteiger partial charge is 0.268 e. The summed E-state index contributed by atoms with van der Waals surface area (Å²) < 4.78 is 23.5. The summed E-state index contributed by atoms with van der Waals surface area (Å²) in [6, 6.07) is -0.889. The third kappa shape index (κ3) is 69.7. The summed E-state index contributed by atoms with van der Waals surface area (Å²) >= 11 is 0. The first-order valence-electron chi connectivity index (χ1n) is 37.7. The molecule has 506 valence electrons. The van der Waals surface area contributed by atoms with Crippen molar-refractivity contribution in [1.82, 2.24) is 5.32 Å². The van der Waals surface area contributed by atoms with E-state index in [1.54, 1.807) is 6.08 Å². The van der Waals surface area contributed by atoms with Crippen molar-refractivity contribution < 1.29 is 32.9 Å². The van der Waals surface area contributed by atoms with Crippen molar-refractivity contribution >= 4 is 13.7 Å². The molecule has 2 N–H and O–H groups in total. The zero-order valence-electron chi connectivity index (χ0n) is 58.0. The summed E-state index contributed by atoms with van der Waals surface area (Å²) in [6.45, 7) is 4.59. The van der Waals surface area contributed by atoms with Gasteiger partial charge in [0.25, 0.3) is 7.82 Å². The second kappa shape index (κ2) is 67.6. The first-order valence-corrected chi connectivity index (χ1v) is 39.1. The minimum Gasteiger partial charge on any atom is -0.756 e. The number of rotatable bonds is 70. The number of aliphatic hydroxyl groups excluding tert-OH is 1. The molecule has 3 atom stereocenters. The number of carbonyl (C=O) groups is 1. The van der Waals surface area contributed by atoms with Gasteiger partial charge < -0.3 is 28.8 Å². The molecule has 0 rings (SSSR count). The molecule has 8 nitrogen and oxygen atoms in total. The zero-order chi connectivity index (χ0) is 62.6. The predicted molar refractivity (Wildman–Crippen MR) is 376 cm³/mol. The molecule has 0 radical (unpaired) electrons. The third-order valence-corrected chi connectivity index (χ3v) is 18.2. The van der Waals surface area contributed by atoms with E-state index in [-0.39, 0.29) is 19.1 Å². The molecule has 0 spiro atoms. The van der Waals surface area contributed by atoms with Crippen molar-refractivity contribution in [3.8, 4) is 0 Å². The molecule has 0 bridgehead atoms. The number of nitrogens with zero attached hydrogens (tertiary/aromatic N) is 1. The van der Waals surface area contributed by atoms with Gasteiger partial charge in [-0.05, 0) is 57.8 Å². The van der Waals surface area contributed by atoms with E-state index < -0.39 is 20.0 Å². The fraction of sp³-hybridized carbons (Fsp3) is 0.857. The average Bonchev–Trinajstić information content (AvgIpc) is 3.70. The average molecular weight is 1230 g/mol. The summed E-state index contributed by atoms with van der Waals surface area (Å²) in [6.07, 6.45) is 93.7. The van der Waals surface area contributed by atoms with Crippen LogP contribution in [0.2, 0.25) is 0 Å². The minimum atomic E-state index is -4.61. The van der Waals surface area contributed by atoms with Crippen LogP contribution in [0.15, 0.2) is 60.8 Å². The summed E-state index contributed by atoms with van der Waals surface area (Å²) in [5.41, 5.74) is 0. The van der Waals surface area contributed by atoms with Crippen molar-refractivity contribution in [2.24, 2.45) is 0 Å². The van der Waals surface area contributed by atoms with Gasteiger partial charge in [-0.15, -0.1) is 0 Å². The van der Waals surface area contributed by atoms with Crippen LogP contribution in [-0.4, -0.2) is 68.5 Å². The van der Waals surface area contributed by atoms with Crippen LogP contribution in [0.4, 0.5) is 0 Å². The van der Waals surface area contributed by atoms with E-state index in [2.05, 4.69) is 67.8 Å². The lowest BCUT2D eigenvalue weighted by Crippen LogP contribution is -2.45. The number of hydrogen-bond acceptors (Lipinski definition) is 6. The van der Waals surface area contributed by atoms with Gasteiger partial charge in [0.2, 0.25) is 5.91 Å². The summed E-state index contributed by atoms with van der Waals surface area (Å²) in [5.74, 6) is -0.191. The molecule has 0 aliphatic heterocycles. The standard InChI is InChI=1S/C77H147N2O6P/c1-6-8-10-12-14-16-18-20-22-24-26-28-30-32-34-36-38-39-41-43-45-47-49-51-53-55-57-59-61-63-65-67-69-71-77(81)78-75(74-85-86(82,83)84-73-72-79(3,4)5)76(80)70-68-66-64-62-60-58-56-54-52-50-48-46-44-42-40-37-35-33-31-29-27-25-23-21-19-17-15-13-11-9-7-2/h8,10,14,16,20,22,26,28,68,70,75-76,80H,6-7,9,11-13,15,17-19,21,23-25,27,29-67,69,71-74H2,1-5H3,(H-,78,81,82,83)/b10-8-,16-14-,22-20-,28-26-,70-68+. The Morgan fingerprint density at radius 1 is 0.419 bits per heavy atom. The first-order chi connectivity index (χ1) is 42.0. The maximum absolute atomic E-state index is 13.1. The van der Waals surface area contributed by atoms with Gasteiger partial charge in [-0.3, -0.25) is 9.36 Å². The van der Waals surface area contributed by atoms with Gasteiger partial charge in [0.05, 0.1) is 39.9 Å². The van der Waals surface area contributed by atoms with Gasteiger partial charge in [0, 0.05) is 6.42 Å². The lowest BCUT2D eigenvalue weighted by atomic mass is 10.0. The molecule has 0 aromatic heterocycles. The molecular formula is C77H147N2O6P. The molecule has 0 fully saturated rings. The maximum atomic E-state index is 13.1. The van der Waals surface area contributed by atoms with Gasteiger partial charge in [-0.25, -0.2) is 0 Å².